The van der Waals surface area contributed by atoms with Crippen LogP contribution in [0.15, 0.2) is 23.4 Å². The lowest BCUT2D eigenvalue weighted by Gasteiger charge is -2.30. The van der Waals surface area contributed by atoms with Crippen molar-refractivity contribution < 1.29 is 8.42 Å². The molecule has 2 rings (SSSR count). The molecule has 0 amide bonds. The van der Waals surface area contributed by atoms with E-state index in [9.17, 15) is 8.42 Å². The summed E-state index contributed by atoms with van der Waals surface area (Å²) >= 11 is 6.11. The van der Waals surface area contributed by atoms with E-state index in [0.29, 0.717) is 28.9 Å². The third-order valence-corrected chi connectivity index (χ3v) is 5.79. The van der Waals surface area contributed by atoms with Gasteiger partial charge in [-0.15, -0.1) is 0 Å². The number of hydrogen-bond donors (Lipinski definition) is 3. The van der Waals surface area contributed by atoms with Gasteiger partial charge in [-0.1, -0.05) is 25.4 Å². The first-order chi connectivity index (χ1) is 9.89. The molecule has 0 aliphatic rings. The Balaban J connectivity index is 2.53. The Morgan fingerprint density at radius 2 is 2.10 bits per heavy atom. The Kier molecular flexibility index (Phi) is 4.57. The van der Waals surface area contributed by atoms with E-state index < -0.39 is 15.6 Å². The van der Waals surface area contributed by atoms with Crippen LogP contribution in [0.25, 0.3) is 11.0 Å². The Labute approximate surface area is 129 Å². The van der Waals surface area contributed by atoms with Crippen LogP contribution in [0.1, 0.15) is 26.7 Å². The molecule has 4 N–H and O–H groups in total. The summed E-state index contributed by atoms with van der Waals surface area (Å²) in [4.78, 5) is 7.00. The minimum Gasteiger partial charge on any atom is -0.345 e. The maximum absolute atomic E-state index is 12.7. The number of H-pyrrole nitrogens is 1. The number of nitrogens with one attached hydrogen (secondary N) is 2. The van der Waals surface area contributed by atoms with Gasteiger partial charge >= 0.3 is 0 Å². The van der Waals surface area contributed by atoms with Crippen LogP contribution in [0.4, 0.5) is 0 Å². The zero-order valence-corrected chi connectivity index (χ0v) is 13.6. The average Bonchev–Trinajstić information content (AvgIpc) is 2.91. The van der Waals surface area contributed by atoms with Crippen LogP contribution >= 0.6 is 11.6 Å². The van der Waals surface area contributed by atoms with E-state index in [4.69, 9.17) is 17.3 Å². The van der Waals surface area contributed by atoms with Crippen molar-refractivity contribution in [1.82, 2.24) is 14.7 Å². The molecule has 0 fully saturated rings. The lowest BCUT2D eigenvalue weighted by Crippen LogP contribution is -2.52. The molecule has 0 atom stereocenters. The maximum atomic E-state index is 12.7. The number of fused-ring (bicyclic) bond motifs is 1. The molecule has 116 valence electrons. The van der Waals surface area contributed by atoms with Gasteiger partial charge in [0.1, 0.15) is 10.5 Å². The highest BCUT2D eigenvalue weighted by atomic mass is 35.5. The van der Waals surface area contributed by atoms with Crippen molar-refractivity contribution in [1.29, 1.82) is 0 Å². The van der Waals surface area contributed by atoms with Crippen molar-refractivity contribution >= 4 is 32.7 Å². The second-order valence-corrected chi connectivity index (χ2v) is 7.02. The summed E-state index contributed by atoms with van der Waals surface area (Å²) in [7, 11) is -3.75. The van der Waals surface area contributed by atoms with Crippen molar-refractivity contribution in [2.75, 3.05) is 6.54 Å². The molecule has 2 heterocycles. The van der Waals surface area contributed by atoms with E-state index in [1.165, 1.54) is 12.4 Å². The van der Waals surface area contributed by atoms with Crippen LogP contribution in [0.5, 0.6) is 0 Å². The van der Waals surface area contributed by atoms with E-state index in [-0.39, 0.29) is 11.4 Å². The minimum atomic E-state index is -3.75. The van der Waals surface area contributed by atoms with Crippen LogP contribution in [-0.2, 0) is 10.0 Å². The van der Waals surface area contributed by atoms with Gasteiger partial charge in [0.05, 0.1) is 10.4 Å². The second-order valence-electron chi connectivity index (χ2n) is 4.97. The first-order valence-corrected chi connectivity index (χ1v) is 8.61. The predicted octanol–water partition coefficient (Wildman–Crippen LogP) is 2.01. The van der Waals surface area contributed by atoms with Gasteiger partial charge in [0.25, 0.3) is 0 Å². The van der Waals surface area contributed by atoms with Gasteiger partial charge in [-0.25, -0.2) is 18.1 Å². The summed E-state index contributed by atoms with van der Waals surface area (Å²) in [5, 5.41) is 0.734. The zero-order chi connectivity index (χ0) is 15.7. The molecule has 0 saturated heterocycles. The number of aromatic amines is 1. The third-order valence-electron chi connectivity index (χ3n) is 3.87. The fourth-order valence-electron chi connectivity index (χ4n) is 2.26. The highest BCUT2D eigenvalue weighted by Crippen LogP contribution is 2.29. The predicted molar refractivity (Wildman–Crippen MR) is 83.8 cm³/mol. The molecular weight excluding hydrogens is 312 g/mol. The Morgan fingerprint density at radius 3 is 2.67 bits per heavy atom. The second kappa shape index (κ2) is 5.92. The Morgan fingerprint density at radius 1 is 1.43 bits per heavy atom. The van der Waals surface area contributed by atoms with E-state index in [1.54, 1.807) is 6.07 Å². The molecule has 2 aromatic heterocycles. The fourth-order valence-corrected chi connectivity index (χ4v) is 4.31. The van der Waals surface area contributed by atoms with Gasteiger partial charge in [0.2, 0.25) is 10.0 Å². The summed E-state index contributed by atoms with van der Waals surface area (Å²) in [6.07, 6.45) is 4.13. The van der Waals surface area contributed by atoms with Crippen molar-refractivity contribution in [3.8, 4) is 0 Å². The van der Waals surface area contributed by atoms with Gasteiger partial charge in [-0.3, -0.25) is 0 Å². The molecule has 0 bridgehead atoms. The van der Waals surface area contributed by atoms with E-state index in [0.717, 1.165) is 0 Å². The lowest BCUT2D eigenvalue weighted by atomic mass is 9.95. The SMILES string of the molecule is CCC(CC)(CN)NS(=O)(=O)c1c[nH]c2nccc(Cl)c12. The van der Waals surface area contributed by atoms with E-state index in [1.807, 2.05) is 13.8 Å². The van der Waals surface area contributed by atoms with Crippen LogP contribution < -0.4 is 10.5 Å². The summed E-state index contributed by atoms with van der Waals surface area (Å²) in [6.45, 7) is 4.04. The zero-order valence-electron chi connectivity index (χ0n) is 12.0. The van der Waals surface area contributed by atoms with Crippen molar-refractivity contribution in [3.63, 3.8) is 0 Å². The highest BCUT2D eigenvalue weighted by Gasteiger charge is 2.32. The number of nitrogens with zero attached hydrogens (tertiary/aromatic N) is 1. The normalized spacial score (nSPS) is 13.0. The summed E-state index contributed by atoms with van der Waals surface area (Å²) in [5.74, 6) is 0. The number of aromatic nitrogens is 2. The van der Waals surface area contributed by atoms with Crippen molar-refractivity contribution in [3.05, 3.63) is 23.5 Å². The Bertz CT molecular complexity index is 729. The molecule has 0 saturated carbocycles. The topological polar surface area (TPSA) is 101 Å². The summed E-state index contributed by atoms with van der Waals surface area (Å²) < 4.78 is 28.1. The number of hydrogen-bond acceptors (Lipinski definition) is 4. The monoisotopic (exact) mass is 330 g/mol. The molecule has 2 aromatic rings. The molecule has 0 aliphatic carbocycles. The summed E-state index contributed by atoms with van der Waals surface area (Å²) in [5.41, 5.74) is 5.54. The summed E-state index contributed by atoms with van der Waals surface area (Å²) in [6, 6.07) is 1.56. The van der Waals surface area contributed by atoms with Crippen LogP contribution in [0.2, 0.25) is 5.02 Å². The molecule has 21 heavy (non-hydrogen) atoms. The average molecular weight is 331 g/mol. The standard InChI is InChI=1S/C13H19ClN4O2S/c1-3-13(4-2,8-15)18-21(19,20)10-7-17-12-11(10)9(14)5-6-16-12/h5-7,18H,3-4,8,15H2,1-2H3,(H,16,17). The van der Waals surface area contributed by atoms with Crippen molar-refractivity contribution in [2.45, 2.75) is 37.1 Å². The van der Waals surface area contributed by atoms with Gasteiger partial charge in [-0.05, 0) is 18.9 Å². The molecule has 0 aliphatic heterocycles. The van der Waals surface area contributed by atoms with E-state index >= 15 is 0 Å². The number of rotatable bonds is 6. The van der Waals surface area contributed by atoms with Gasteiger partial charge in [-0.2, -0.15) is 0 Å². The van der Waals surface area contributed by atoms with Crippen LogP contribution in [0.3, 0.4) is 0 Å². The first kappa shape index (κ1) is 16.2. The lowest BCUT2D eigenvalue weighted by molar-refractivity contribution is 0.363. The molecule has 0 spiro atoms. The molecule has 0 unspecified atom stereocenters. The molecule has 6 nitrogen and oxygen atoms in total. The molecule has 0 radical (unpaired) electrons. The van der Waals surface area contributed by atoms with E-state index in [2.05, 4.69) is 14.7 Å². The molecule has 8 heteroatoms. The van der Waals surface area contributed by atoms with Crippen LogP contribution in [0, 0.1) is 0 Å². The largest absolute Gasteiger partial charge is 0.345 e. The quantitative estimate of drug-likeness (QED) is 0.754. The molecule has 0 aromatic carbocycles. The number of sulfonamides is 1. The van der Waals surface area contributed by atoms with Crippen LogP contribution in [-0.4, -0.2) is 30.5 Å². The molecular formula is C13H19ClN4O2S. The number of nitrogens with two attached hydrogens (primary N) is 1. The number of pyridine rings is 1. The highest BCUT2D eigenvalue weighted by molar-refractivity contribution is 7.89. The Hall–Kier alpha value is -1.15. The van der Waals surface area contributed by atoms with Crippen molar-refractivity contribution in [2.24, 2.45) is 5.73 Å². The van der Waals surface area contributed by atoms with Gasteiger partial charge < -0.3 is 10.7 Å². The number of halogens is 1. The van der Waals surface area contributed by atoms with Gasteiger partial charge in [0.15, 0.2) is 0 Å². The minimum absolute atomic E-state index is 0.0929. The van der Waals surface area contributed by atoms with Gasteiger partial charge in [0, 0.05) is 24.5 Å². The maximum Gasteiger partial charge on any atom is 0.243 e. The third kappa shape index (κ3) is 2.91. The fraction of sp³-hybridized carbons (Fsp3) is 0.462. The first-order valence-electron chi connectivity index (χ1n) is 6.74. The smallest absolute Gasteiger partial charge is 0.243 e.